The van der Waals surface area contributed by atoms with Crippen molar-refractivity contribution in [2.45, 2.75) is 42.7 Å². The summed E-state index contributed by atoms with van der Waals surface area (Å²) in [5, 5.41) is 0. The molecule has 0 saturated carbocycles. The molecule has 2 aliphatic rings. The van der Waals surface area contributed by atoms with E-state index < -0.39 is 9.84 Å². The molecule has 0 aliphatic carbocycles. The number of hydrogen-bond acceptors (Lipinski definition) is 5. The summed E-state index contributed by atoms with van der Waals surface area (Å²) in [5.41, 5.74) is 2.52. The van der Waals surface area contributed by atoms with Gasteiger partial charge >= 0.3 is 0 Å². The number of nitrogens with zero attached hydrogens (tertiary/aromatic N) is 2. The third-order valence-electron chi connectivity index (χ3n) is 6.49. The number of benzene rings is 2. The molecule has 0 bridgehead atoms. The Morgan fingerprint density at radius 3 is 2.48 bits per heavy atom. The van der Waals surface area contributed by atoms with Crippen LogP contribution < -0.4 is 0 Å². The first-order chi connectivity index (χ1) is 15.0. The highest BCUT2D eigenvalue weighted by Gasteiger charge is 2.26. The van der Waals surface area contributed by atoms with Crippen molar-refractivity contribution in [3.63, 3.8) is 0 Å². The summed E-state index contributed by atoms with van der Waals surface area (Å²) in [4.78, 5) is 5.47. The minimum absolute atomic E-state index is 0.247. The summed E-state index contributed by atoms with van der Waals surface area (Å²) >= 11 is 0. The minimum Gasteiger partial charge on any atom is -0.376 e. The summed E-state index contributed by atoms with van der Waals surface area (Å²) in [6.07, 6.45) is 4.74. The highest BCUT2D eigenvalue weighted by molar-refractivity contribution is 7.90. The van der Waals surface area contributed by atoms with Gasteiger partial charge in [0.05, 0.1) is 11.0 Å². The highest BCUT2D eigenvalue weighted by Crippen LogP contribution is 2.29. The van der Waals surface area contributed by atoms with Crippen LogP contribution in [0.15, 0.2) is 59.5 Å². The van der Waals surface area contributed by atoms with Crippen LogP contribution in [0.2, 0.25) is 0 Å². The van der Waals surface area contributed by atoms with Crippen molar-refractivity contribution in [2.24, 2.45) is 0 Å². The van der Waals surface area contributed by atoms with Crippen LogP contribution in [0.25, 0.3) is 0 Å². The zero-order valence-electron chi connectivity index (χ0n) is 18.4. The van der Waals surface area contributed by atoms with Crippen molar-refractivity contribution in [2.75, 3.05) is 45.6 Å². The Bertz CT molecular complexity index is 940. The maximum absolute atomic E-state index is 11.9. The predicted octanol–water partition coefficient (Wildman–Crippen LogP) is 3.56. The lowest BCUT2D eigenvalue weighted by molar-refractivity contribution is 0.0203. The molecule has 0 aromatic heterocycles. The molecule has 0 radical (unpaired) electrons. The predicted molar refractivity (Wildman–Crippen MR) is 124 cm³/mol. The standard InChI is InChI=1S/C25H34N2O3S/c1-31(28,29)25-10-5-9-23(17-25)22-11-14-26(15-12-22)19-24-20-27(13-6-16-30-24)18-21-7-3-2-4-8-21/h2-5,7-10,17,22,24H,6,11-16,18-20H2,1H3. The molecule has 2 saturated heterocycles. The quantitative estimate of drug-likeness (QED) is 0.685. The minimum atomic E-state index is -3.16. The maximum atomic E-state index is 11.9. The Morgan fingerprint density at radius 2 is 1.74 bits per heavy atom. The zero-order chi connectivity index (χ0) is 21.7. The van der Waals surface area contributed by atoms with Crippen LogP contribution in [0.3, 0.4) is 0 Å². The monoisotopic (exact) mass is 442 g/mol. The highest BCUT2D eigenvalue weighted by atomic mass is 32.2. The van der Waals surface area contributed by atoms with Gasteiger partial charge in [-0.05, 0) is 61.5 Å². The molecular weight excluding hydrogens is 408 g/mol. The molecule has 2 aliphatic heterocycles. The average molecular weight is 443 g/mol. The molecule has 168 valence electrons. The van der Waals surface area contributed by atoms with Crippen molar-refractivity contribution >= 4 is 9.84 Å². The van der Waals surface area contributed by atoms with E-state index >= 15 is 0 Å². The molecule has 2 fully saturated rings. The fourth-order valence-electron chi connectivity index (χ4n) is 4.80. The second kappa shape index (κ2) is 10.3. The van der Waals surface area contributed by atoms with Gasteiger partial charge < -0.3 is 9.64 Å². The normalized spacial score (nSPS) is 22.3. The van der Waals surface area contributed by atoms with Crippen LogP contribution in [0.4, 0.5) is 0 Å². The van der Waals surface area contributed by atoms with Crippen LogP contribution in [-0.4, -0.2) is 69.9 Å². The van der Waals surface area contributed by atoms with E-state index in [1.807, 2.05) is 12.1 Å². The molecule has 0 N–H and O–H groups in total. The van der Waals surface area contributed by atoms with Crippen LogP contribution in [0.5, 0.6) is 0 Å². The van der Waals surface area contributed by atoms with E-state index in [9.17, 15) is 8.42 Å². The van der Waals surface area contributed by atoms with Gasteiger partial charge in [0.1, 0.15) is 0 Å². The summed E-state index contributed by atoms with van der Waals surface area (Å²) in [5.74, 6) is 0.433. The maximum Gasteiger partial charge on any atom is 0.175 e. The van der Waals surface area contributed by atoms with E-state index in [2.05, 4.69) is 46.2 Å². The van der Waals surface area contributed by atoms with Gasteiger partial charge in [0.15, 0.2) is 9.84 Å². The molecular formula is C25H34N2O3S. The third kappa shape index (κ3) is 6.39. The topological polar surface area (TPSA) is 49.9 Å². The van der Waals surface area contributed by atoms with Gasteiger partial charge in [-0.2, -0.15) is 0 Å². The first kappa shape index (κ1) is 22.5. The van der Waals surface area contributed by atoms with Crippen molar-refractivity contribution in [3.8, 4) is 0 Å². The lowest BCUT2D eigenvalue weighted by Crippen LogP contribution is -2.43. The van der Waals surface area contributed by atoms with Gasteiger partial charge in [0, 0.05) is 39.0 Å². The van der Waals surface area contributed by atoms with Gasteiger partial charge in [-0.3, -0.25) is 4.90 Å². The van der Waals surface area contributed by atoms with Gasteiger partial charge in [0.25, 0.3) is 0 Å². The first-order valence-electron chi connectivity index (χ1n) is 11.4. The average Bonchev–Trinajstić information content (AvgIpc) is 2.99. The summed E-state index contributed by atoms with van der Waals surface area (Å²) in [7, 11) is -3.16. The largest absolute Gasteiger partial charge is 0.376 e. The Morgan fingerprint density at radius 1 is 0.968 bits per heavy atom. The Kier molecular flexibility index (Phi) is 7.43. The number of piperidine rings is 1. The zero-order valence-corrected chi connectivity index (χ0v) is 19.3. The van der Waals surface area contributed by atoms with E-state index in [1.165, 1.54) is 11.8 Å². The summed E-state index contributed by atoms with van der Waals surface area (Å²) in [6, 6.07) is 18.2. The molecule has 5 nitrogen and oxygen atoms in total. The molecule has 0 amide bonds. The molecule has 1 unspecified atom stereocenters. The molecule has 2 aromatic rings. The number of hydrogen-bond donors (Lipinski definition) is 0. The Hall–Kier alpha value is -1.73. The number of likely N-dealkylation sites (tertiary alicyclic amines) is 1. The van der Waals surface area contributed by atoms with Crippen molar-refractivity contribution in [3.05, 3.63) is 65.7 Å². The summed E-state index contributed by atoms with van der Waals surface area (Å²) in [6.45, 7) is 6.93. The van der Waals surface area contributed by atoms with Gasteiger partial charge in [-0.15, -0.1) is 0 Å². The first-order valence-corrected chi connectivity index (χ1v) is 13.3. The number of rotatable bonds is 6. The van der Waals surface area contributed by atoms with Crippen LogP contribution >= 0.6 is 0 Å². The van der Waals surface area contributed by atoms with E-state index in [1.54, 1.807) is 6.07 Å². The van der Waals surface area contributed by atoms with E-state index in [0.717, 1.165) is 70.7 Å². The van der Waals surface area contributed by atoms with E-state index in [4.69, 9.17) is 4.74 Å². The Labute approximate surface area is 186 Å². The van der Waals surface area contributed by atoms with E-state index in [-0.39, 0.29) is 6.10 Å². The van der Waals surface area contributed by atoms with Crippen molar-refractivity contribution < 1.29 is 13.2 Å². The Balaban J connectivity index is 1.30. The SMILES string of the molecule is CS(=O)(=O)c1cccc(C2CCN(CC3CN(Cc4ccccc4)CCCO3)CC2)c1. The van der Waals surface area contributed by atoms with Gasteiger partial charge in [-0.1, -0.05) is 42.5 Å². The second-order valence-corrected chi connectivity index (χ2v) is 11.0. The van der Waals surface area contributed by atoms with Crippen LogP contribution in [0, 0.1) is 0 Å². The van der Waals surface area contributed by atoms with Crippen molar-refractivity contribution in [1.82, 2.24) is 9.80 Å². The molecule has 1 atom stereocenters. The lowest BCUT2D eigenvalue weighted by atomic mass is 9.89. The fraction of sp³-hybridized carbons (Fsp3) is 0.520. The summed E-state index contributed by atoms with van der Waals surface area (Å²) < 4.78 is 30.0. The molecule has 0 spiro atoms. The molecule has 4 rings (SSSR count). The molecule has 2 heterocycles. The van der Waals surface area contributed by atoms with E-state index in [0.29, 0.717) is 10.8 Å². The molecule has 6 heteroatoms. The molecule has 2 aromatic carbocycles. The smallest absolute Gasteiger partial charge is 0.175 e. The third-order valence-corrected chi connectivity index (χ3v) is 7.60. The number of sulfone groups is 1. The van der Waals surface area contributed by atoms with Crippen LogP contribution in [-0.2, 0) is 21.1 Å². The van der Waals surface area contributed by atoms with Gasteiger partial charge in [-0.25, -0.2) is 8.42 Å². The van der Waals surface area contributed by atoms with Crippen LogP contribution in [0.1, 0.15) is 36.3 Å². The fourth-order valence-corrected chi connectivity index (χ4v) is 5.48. The van der Waals surface area contributed by atoms with Gasteiger partial charge in [0.2, 0.25) is 0 Å². The second-order valence-electron chi connectivity index (χ2n) is 8.99. The molecule has 31 heavy (non-hydrogen) atoms. The lowest BCUT2D eigenvalue weighted by Gasteiger charge is -2.35. The van der Waals surface area contributed by atoms with Crippen molar-refractivity contribution in [1.29, 1.82) is 0 Å². The number of ether oxygens (including phenoxy) is 1.